The number of rotatable bonds is 2. The third-order valence-electron chi connectivity index (χ3n) is 5.26. The molecule has 3 heterocycles. The molecule has 5 rings (SSSR count). The molecule has 0 saturated heterocycles. The first kappa shape index (κ1) is 19.2. The van der Waals surface area contributed by atoms with Crippen LogP contribution in [0.25, 0.3) is 22.1 Å². The first-order chi connectivity index (χ1) is 14.5. The minimum absolute atomic E-state index is 0.121. The topological polar surface area (TPSA) is 68.3 Å². The highest BCUT2D eigenvalue weighted by atomic mass is 35.5. The Morgan fingerprint density at radius 1 is 1.30 bits per heavy atom. The highest BCUT2D eigenvalue weighted by molar-refractivity contribution is 8.00. The number of aromatic nitrogens is 2. The van der Waals surface area contributed by atoms with Crippen LogP contribution in [0.4, 0.5) is 5.69 Å². The summed E-state index contributed by atoms with van der Waals surface area (Å²) in [5.74, 6) is -0.187. The van der Waals surface area contributed by atoms with E-state index in [9.17, 15) is 9.59 Å². The number of hydrogen-bond donors (Lipinski definition) is 0. The van der Waals surface area contributed by atoms with Crippen molar-refractivity contribution in [3.8, 4) is 0 Å². The zero-order valence-corrected chi connectivity index (χ0v) is 17.7. The van der Waals surface area contributed by atoms with Crippen molar-refractivity contribution in [2.45, 2.75) is 30.0 Å². The van der Waals surface area contributed by atoms with Crippen molar-refractivity contribution in [2.24, 2.45) is 0 Å². The summed E-state index contributed by atoms with van der Waals surface area (Å²) in [6, 6.07) is 12.9. The van der Waals surface area contributed by atoms with E-state index in [1.807, 2.05) is 36.4 Å². The maximum atomic E-state index is 13.2. The van der Waals surface area contributed by atoms with Crippen LogP contribution in [-0.4, -0.2) is 27.3 Å². The van der Waals surface area contributed by atoms with E-state index in [0.717, 1.165) is 22.4 Å². The molecule has 0 spiro atoms. The molecule has 1 aliphatic rings. The van der Waals surface area contributed by atoms with Gasteiger partial charge in [0.2, 0.25) is 11.5 Å². The van der Waals surface area contributed by atoms with Crippen molar-refractivity contribution in [2.75, 3.05) is 11.4 Å². The number of hydrogen-bond acceptors (Lipinski definition) is 5. The molecule has 152 valence electrons. The molecular weight excluding hydrogens is 422 g/mol. The van der Waals surface area contributed by atoms with Gasteiger partial charge in [-0.15, -0.1) is 11.8 Å². The Morgan fingerprint density at radius 3 is 3.00 bits per heavy atom. The van der Waals surface area contributed by atoms with Gasteiger partial charge < -0.3 is 9.32 Å². The van der Waals surface area contributed by atoms with E-state index >= 15 is 0 Å². The second-order valence-corrected chi connectivity index (χ2v) is 9.24. The summed E-state index contributed by atoms with van der Waals surface area (Å²) in [5, 5.41) is 1.73. The van der Waals surface area contributed by atoms with Crippen LogP contribution in [0.15, 0.2) is 62.9 Å². The van der Waals surface area contributed by atoms with Crippen LogP contribution in [0.1, 0.15) is 13.3 Å². The van der Waals surface area contributed by atoms with Crippen LogP contribution in [0.3, 0.4) is 0 Å². The van der Waals surface area contributed by atoms with Gasteiger partial charge in [0.15, 0.2) is 0 Å². The molecule has 6 nitrogen and oxygen atoms in total. The standard InChI is InChI=1S/C22H18ClN3O3S/c1-13-8-9-26(16-10-14(23)6-7-18(16)30-13)19(27)11-25-12-24-20-15-4-2-3-5-17(15)29-21(20)22(25)28/h2-7,10,12-13H,8-9,11H2,1H3. The maximum absolute atomic E-state index is 13.2. The van der Waals surface area contributed by atoms with Gasteiger partial charge in [0, 0.05) is 27.1 Å². The molecule has 2 aromatic heterocycles. The van der Waals surface area contributed by atoms with E-state index in [0.29, 0.717) is 27.9 Å². The molecule has 1 atom stereocenters. The Hall–Kier alpha value is -2.77. The van der Waals surface area contributed by atoms with E-state index in [1.54, 1.807) is 22.7 Å². The predicted octanol–water partition coefficient (Wildman–Crippen LogP) is 4.71. The molecule has 1 amide bonds. The molecule has 0 N–H and O–H groups in total. The van der Waals surface area contributed by atoms with Gasteiger partial charge in [-0.05, 0) is 36.8 Å². The lowest BCUT2D eigenvalue weighted by atomic mass is 10.2. The third-order valence-corrected chi connectivity index (χ3v) is 6.73. The highest BCUT2D eigenvalue weighted by Crippen LogP contribution is 2.39. The van der Waals surface area contributed by atoms with Crippen molar-refractivity contribution >= 4 is 57.0 Å². The van der Waals surface area contributed by atoms with Gasteiger partial charge in [-0.2, -0.15) is 0 Å². The fourth-order valence-electron chi connectivity index (χ4n) is 3.73. The van der Waals surface area contributed by atoms with Gasteiger partial charge in [-0.25, -0.2) is 4.98 Å². The first-order valence-corrected chi connectivity index (χ1v) is 10.9. The largest absolute Gasteiger partial charge is 0.448 e. The van der Waals surface area contributed by atoms with Crippen molar-refractivity contribution in [1.29, 1.82) is 0 Å². The monoisotopic (exact) mass is 439 g/mol. The van der Waals surface area contributed by atoms with Crippen LogP contribution < -0.4 is 10.5 Å². The minimum Gasteiger partial charge on any atom is -0.448 e. The Balaban J connectivity index is 1.52. The number of anilines is 1. The fourth-order valence-corrected chi connectivity index (χ4v) is 4.99. The zero-order valence-electron chi connectivity index (χ0n) is 16.2. The molecule has 0 fully saturated rings. The summed E-state index contributed by atoms with van der Waals surface area (Å²) < 4.78 is 7.02. The van der Waals surface area contributed by atoms with Crippen LogP contribution in [0.5, 0.6) is 0 Å². The smallest absolute Gasteiger partial charge is 0.297 e. The normalized spacial score (nSPS) is 16.6. The maximum Gasteiger partial charge on any atom is 0.297 e. The Morgan fingerprint density at radius 2 is 2.13 bits per heavy atom. The number of para-hydroxylation sites is 1. The van der Waals surface area contributed by atoms with Crippen molar-refractivity contribution in [3.63, 3.8) is 0 Å². The lowest BCUT2D eigenvalue weighted by Crippen LogP contribution is -2.37. The summed E-state index contributed by atoms with van der Waals surface area (Å²) in [7, 11) is 0. The minimum atomic E-state index is -0.367. The summed E-state index contributed by atoms with van der Waals surface area (Å²) in [6.07, 6.45) is 2.26. The average Bonchev–Trinajstić information content (AvgIpc) is 3.03. The number of furan rings is 1. The van der Waals surface area contributed by atoms with Crippen LogP contribution in [-0.2, 0) is 11.3 Å². The van der Waals surface area contributed by atoms with E-state index in [4.69, 9.17) is 16.0 Å². The van der Waals surface area contributed by atoms with Gasteiger partial charge in [0.1, 0.15) is 17.6 Å². The van der Waals surface area contributed by atoms with E-state index < -0.39 is 0 Å². The Kier molecular flexibility index (Phi) is 4.79. The number of carbonyl (C=O) groups excluding carboxylic acids is 1. The third kappa shape index (κ3) is 3.28. The summed E-state index contributed by atoms with van der Waals surface area (Å²) in [6.45, 7) is 2.58. The number of benzene rings is 2. The number of amides is 1. The number of thioether (sulfide) groups is 1. The summed E-state index contributed by atoms with van der Waals surface area (Å²) in [4.78, 5) is 33.3. The van der Waals surface area contributed by atoms with Crippen molar-refractivity contribution in [1.82, 2.24) is 9.55 Å². The Labute approximate surface area is 181 Å². The number of carbonyl (C=O) groups is 1. The SMILES string of the molecule is CC1CCN(C(=O)Cn2cnc3c(oc4ccccc43)c2=O)c2cc(Cl)ccc2S1. The lowest BCUT2D eigenvalue weighted by molar-refractivity contribution is -0.119. The van der Waals surface area contributed by atoms with E-state index in [-0.39, 0.29) is 23.6 Å². The van der Waals surface area contributed by atoms with Gasteiger partial charge >= 0.3 is 0 Å². The second-order valence-electron chi connectivity index (χ2n) is 7.33. The Bertz CT molecular complexity index is 1350. The van der Waals surface area contributed by atoms with E-state index in [1.165, 1.54) is 10.9 Å². The molecule has 30 heavy (non-hydrogen) atoms. The van der Waals surface area contributed by atoms with Gasteiger partial charge in [0.25, 0.3) is 5.56 Å². The quantitative estimate of drug-likeness (QED) is 0.452. The molecule has 0 saturated carbocycles. The molecule has 2 aromatic carbocycles. The van der Waals surface area contributed by atoms with Crippen LogP contribution in [0.2, 0.25) is 5.02 Å². The van der Waals surface area contributed by atoms with Crippen molar-refractivity contribution < 1.29 is 9.21 Å². The summed E-state index contributed by atoms with van der Waals surface area (Å²) >= 11 is 7.93. The molecule has 0 aliphatic carbocycles. The van der Waals surface area contributed by atoms with Gasteiger partial charge in [-0.1, -0.05) is 30.7 Å². The zero-order chi connectivity index (χ0) is 20.8. The summed E-state index contributed by atoms with van der Waals surface area (Å²) in [5.41, 5.74) is 1.69. The van der Waals surface area contributed by atoms with Gasteiger partial charge in [0.05, 0.1) is 12.0 Å². The molecular formula is C22H18ClN3O3S. The second kappa shape index (κ2) is 7.49. The van der Waals surface area contributed by atoms with Crippen LogP contribution in [0, 0.1) is 0 Å². The highest BCUT2D eigenvalue weighted by Gasteiger charge is 2.25. The van der Waals surface area contributed by atoms with Gasteiger partial charge in [-0.3, -0.25) is 14.2 Å². The van der Waals surface area contributed by atoms with E-state index in [2.05, 4.69) is 11.9 Å². The first-order valence-electron chi connectivity index (χ1n) is 9.64. The number of nitrogens with zero attached hydrogens (tertiary/aromatic N) is 3. The number of fused-ring (bicyclic) bond motifs is 4. The predicted molar refractivity (Wildman–Crippen MR) is 120 cm³/mol. The average molecular weight is 440 g/mol. The molecule has 0 bridgehead atoms. The van der Waals surface area contributed by atoms with Crippen LogP contribution >= 0.6 is 23.4 Å². The fraction of sp³-hybridized carbons (Fsp3) is 0.227. The lowest BCUT2D eigenvalue weighted by Gasteiger charge is -2.23. The molecule has 1 unspecified atom stereocenters. The molecule has 1 aliphatic heterocycles. The van der Waals surface area contributed by atoms with Crippen molar-refractivity contribution in [3.05, 3.63) is 64.2 Å². The molecule has 0 radical (unpaired) electrons. The molecule has 8 heteroatoms. The number of halogens is 1. The molecule has 4 aromatic rings.